The zero-order valence-electron chi connectivity index (χ0n) is 15.6. The van der Waals surface area contributed by atoms with Crippen molar-refractivity contribution >= 4 is 17.9 Å². The standard InChI is InChI=1S/C21H22N2O5/c1-14(17-8-7-16-4-2-3-5-18(16)11-17)22-21(25)13-28-20-9-6-15(12-24)10-19(20)23(26)27/h6-12,14H,2-5,13H2,1H3,(H,22,25)/t14-/m1/s1. The maximum atomic E-state index is 12.2. The lowest BCUT2D eigenvalue weighted by molar-refractivity contribution is -0.385. The Bertz CT molecular complexity index is 910. The van der Waals surface area contributed by atoms with Gasteiger partial charge in [-0.05, 0) is 61.4 Å². The van der Waals surface area contributed by atoms with Crippen molar-refractivity contribution in [2.75, 3.05) is 6.61 Å². The van der Waals surface area contributed by atoms with Crippen molar-refractivity contribution in [3.63, 3.8) is 0 Å². The Morgan fingerprint density at radius 2 is 1.96 bits per heavy atom. The molecule has 0 aromatic heterocycles. The molecule has 2 aromatic carbocycles. The van der Waals surface area contributed by atoms with Crippen LogP contribution in [0.4, 0.5) is 5.69 Å². The van der Waals surface area contributed by atoms with E-state index in [2.05, 4.69) is 17.4 Å². The molecule has 3 rings (SSSR count). The molecule has 1 aliphatic rings. The van der Waals surface area contributed by atoms with Gasteiger partial charge in [-0.2, -0.15) is 0 Å². The molecule has 0 heterocycles. The number of nitrogens with one attached hydrogen (secondary N) is 1. The van der Waals surface area contributed by atoms with Crippen LogP contribution in [0.2, 0.25) is 0 Å². The van der Waals surface area contributed by atoms with E-state index >= 15 is 0 Å². The summed E-state index contributed by atoms with van der Waals surface area (Å²) in [7, 11) is 0. The number of fused-ring (bicyclic) bond motifs is 1. The van der Waals surface area contributed by atoms with Gasteiger partial charge in [-0.15, -0.1) is 0 Å². The van der Waals surface area contributed by atoms with Gasteiger partial charge in [0.15, 0.2) is 12.4 Å². The van der Waals surface area contributed by atoms with Gasteiger partial charge in [-0.3, -0.25) is 19.7 Å². The summed E-state index contributed by atoms with van der Waals surface area (Å²) in [5.41, 5.74) is 3.56. The summed E-state index contributed by atoms with van der Waals surface area (Å²) in [6.45, 7) is 1.54. The molecule has 146 valence electrons. The number of aryl methyl sites for hydroxylation is 2. The fourth-order valence-corrected chi connectivity index (χ4v) is 3.40. The number of hydrogen-bond acceptors (Lipinski definition) is 5. The molecular weight excluding hydrogens is 360 g/mol. The number of hydrogen-bond donors (Lipinski definition) is 1. The van der Waals surface area contributed by atoms with Crippen molar-refractivity contribution in [1.29, 1.82) is 0 Å². The van der Waals surface area contributed by atoms with Gasteiger partial charge < -0.3 is 10.1 Å². The predicted octanol–water partition coefficient (Wildman–Crippen LogP) is 3.54. The molecule has 28 heavy (non-hydrogen) atoms. The van der Waals surface area contributed by atoms with Crippen molar-refractivity contribution in [3.05, 3.63) is 68.8 Å². The fraction of sp³-hybridized carbons (Fsp3) is 0.333. The molecule has 7 nitrogen and oxygen atoms in total. The quantitative estimate of drug-likeness (QED) is 0.449. The number of nitro benzene ring substituents is 1. The first-order valence-electron chi connectivity index (χ1n) is 9.25. The molecule has 0 saturated carbocycles. The highest BCUT2D eigenvalue weighted by molar-refractivity contribution is 5.79. The largest absolute Gasteiger partial charge is 0.477 e. The number of carbonyl (C=O) groups is 2. The van der Waals surface area contributed by atoms with E-state index in [1.165, 1.54) is 36.1 Å². The molecule has 0 spiro atoms. The van der Waals surface area contributed by atoms with Crippen molar-refractivity contribution in [1.82, 2.24) is 5.32 Å². The van der Waals surface area contributed by atoms with Crippen LogP contribution in [0.1, 0.15) is 52.9 Å². The molecule has 0 aliphatic heterocycles. The minimum absolute atomic E-state index is 0.0489. The monoisotopic (exact) mass is 382 g/mol. The van der Waals surface area contributed by atoms with Crippen molar-refractivity contribution in [3.8, 4) is 5.75 Å². The lowest BCUT2D eigenvalue weighted by atomic mass is 9.89. The Morgan fingerprint density at radius 1 is 1.21 bits per heavy atom. The summed E-state index contributed by atoms with van der Waals surface area (Å²) >= 11 is 0. The fourth-order valence-electron chi connectivity index (χ4n) is 3.40. The summed E-state index contributed by atoms with van der Waals surface area (Å²) in [5, 5.41) is 14.0. The molecule has 2 aromatic rings. The zero-order valence-corrected chi connectivity index (χ0v) is 15.6. The highest BCUT2D eigenvalue weighted by Crippen LogP contribution is 2.28. The summed E-state index contributed by atoms with van der Waals surface area (Å²) in [6, 6.07) is 9.94. The predicted molar refractivity (Wildman–Crippen MR) is 104 cm³/mol. The Labute approximate surface area is 162 Å². The number of nitrogens with zero attached hydrogens (tertiary/aromatic N) is 1. The van der Waals surface area contributed by atoms with E-state index in [0.29, 0.717) is 6.29 Å². The second-order valence-electron chi connectivity index (χ2n) is 6.92. The molecule has 1 aliphatic carbocycles. The molecule has 0 unspecified atom stereocenters. The molecule has 1 amide bonds. The summed E-state index contributed by atoms with van der Waals surface area (Å²) in [5.74, 6) is -0.425. The molecule has 7 heteroatoms. The van der Waals surface area contributed by atoms with Crippen LogP contribution in [-0.2, 0) is 17.6 Å². The Morgan fingerprint density at radius 3 is 2.68 bits per heavy atom. The second kappa shape index (κ2) is 8.65. The van der Waals surface area contributed by atoms with Crippen LogP contribution in [0.5, 0.6) is 5.75 Å². The van der Waals surface area contributed by atoms with Crippen LogP contribution in [0.15, 0.2) is 36.4 Å². The summed E-state index contributed by atoms with van der Waals surface area (Å²) in [4.78, 5) is 33.5. The van der Waals surface area contributed by atoms with Crippen LogP contribution in [-0.4, -0.2) is 23.7 Å². The SMILES string of the molecule is C[C@@H](NC(=O)COc1ccc(C=O)cc1[N+](=O)[O-])c1ccc2c(c1)CCCC2. The smallest absolute Gasteiger partial charge is 0.311 e. The first-order chi connectivity index (χ1) is 13.5. The van der Waals surface area contributed by atoms with Gasteiger partial charge in [-0.1, -0.05) is 18.2 Å². The van der Waals surface area contributed by atoms with Gasteiger partial charge in [0.2, 0.25) is 0 Å². The van der Waals surface area contributed by atoms with Gasteiger partial charge in [0.1, 0.15) is 6.29 Å². The average Bonchev–Trinajstić information content (AvgIpc) is 2.71. The molecule has 0 bridgehead atoms. The lowest BCUT2D eigenvalue weighted by Crippen LogP contribution is -2.31. The zero-order chi connectivity index (χ0) is 20.1. The number of nitro groups is 1. The highest BCUT2D eigenvalue weighted by Gasteiger charge is 2.18. The third-order valence-electron chi connectivity index (χ3n) is 4.92. The number of ether oxygens (including phenoxy) is 1. The van der Waals surface area contributed by atoms with Gasteiger partial charge >= 0.3 is 5.69 Å². The molecule has 0 saturated heterocycles. The van der Waals surface area contributed by atoms with Crippen LogP contribution in [0, 0.1) is 10.1 Å². The minimum atomic E-state index is -0.643. The van der Waals surface area contributed by atoms with Crippen molar-refractivity contribution < 1.29 is 19.2 Å². The number of aldehydes is 1. The molecule has 1 atom stereocenters. The number of carbonyl (C=O) groups excluding carboxylic acids is 2. The van der Waals surface area contributed by atoms with Gasteiger partial charge in [-0.25, -0.2) is 0 Å². The third-order valence-corrected chi connectivity index (χ3v) is 4.92. The van der Waals surface area contributed by atoms with E-state index in [4.69, 9.17) is 4.74 Å². The average molecular weight is 382 g/mol. The normalized spacial score (nSPS) is 13.9. The van der Waals surface area contributed by atoms with E-state index in [9.17, 15) is 19.7 Å². The first-order valence-corrected chi connectivity index (χ1v) is 9.25. The Hall–Kier alpha value is -3.22. The van der Waals surface area contributed by atoms with Crippen LogP contribution in [0.25, 0.3) is 0 Å². The van der Waals surface area contributed by atoms with Crippen LogP contribution < -0.4 is 10.1 Å². The second-order valence-corrected chi connectivity index (χ2v) is 6.92. The maximum absolute atomic E-state index is 12.2. The van der Waals surface area contributed by atoms with Gasteiger partial charge in [0, 0.05) is 11.6 Å². The van der Waals surface area contributed by atoms with E-state index in [0.717, 1.165) is 24.5 Å². The molecule has 1 N–H and O–H groups in total. The third kappa shape index (κ3) is 4.54. The van der Waals surface area contributed by atoms with Crippen molar-refractivity contribution in [2.45, 2.75) is 38.6 Å². The van der Waals surface area contributed by atoms with Crippen molar-refractivity contribution in [2.24, 2.45) is 0 Å². The Kier molecular flexibility index (Phi) is 6.03. The molecular formula is C21H22N2O5. The van der Waals surface area contributed by atoms with Crippen LogP contribution in [0.3, 0.4) is 0 Å². The van der Waals surface area contributed by atoms with E-state index in [1.807, 2.05) is 13.0 Å². The molecule has 0 fully saturated rings. The molecule has 0 radical (unpaired) electrons. The van der Waals surface area contributed by atoms with E-state index in [1.54, 1.807) is 0 Å². The van der Waals surface area contributed by atoms with E-state index in [-0.39, 0.29) is 35.6 Å². The summed E-state index contributed by atoms with van der Waals surface area (Å²) in [6.07, 6.45) is 5.09. The summed E-state index contributed by atoms with van der Waals surface area (Å²) < 4.78 is 5.32. The van der Waals surface area contributed by atoms with Gasteiger partial charge in [0.05, 0.1) is 11.0 Å². The Balaban J connectivity index is 1.61. The lowest BCUT2D eigenvalue weighted by Gasteiger charge is -2.20. The number of rotatable bonds is 7. The minimum Gasteiger partial charge on any atom is -0.477 e. The highest BCUT2D eigenvalue weighted by atomic mass is 16.6. The number of amides is 1. The number of benzene rings is 2. The van der Waals surface area contributed by atoms with E-state index < -0.39 is 4.92 Å². The van der Waals surface area contributed by atoms with Crippen LogP contribution >= 0.6 is 0 Å². The topological polar surface area (TPSA) is 98.5 Å². The van der Waals surface area contributed by atoms with Gasteiger partial charge in [0.25, 0.3) is 5.91 Å². The first kappa shape index (κ1) is 19.5. The maximum Gasteiger partial charge on any atom is 0.311 e.